The van der Waals surface area contributed by atoms with Crippen molar-refractivity contribution in [3.05, 3.63) is 0 Å². The van der Waals surface area contributed by atoms with Gasteiger partial charge in [0, 0.05) is 0 Å². The van der Waals surface area contributed by atoms with E-state index in [4.69, 9.17) is 5.26 Å². The number of nitrogens with zero attached hydrogens (tertiary/aromatic N) is 1. The minimum Gasteiger partial charge on any atom is -0.340 e. The lowest BCUT2D eigenvalue weighted by molar-refractivity contribution is -0.110. The van der Waals surface area contributed by atoms with Crippen LogP contribution in [0.15, 0.2) is 0 Å². The molecule has 0 saturated carbocycles. The molecule has 0 radical (unpaired) electrons. The number of rotatable bonds is 4. The van der Waals surface area contributed by atoms with Gasteiger partial charge in [-0.2, -0.15) is 5.26 Å². The second kappa shape index (κ2) is 3.89. The number of nitriles is 1. The lowest BCUT2D eigenvalue weighted by Gasteiger charge is -2.21. The van der Waals surface area contributed by atoms with Crippen LogP contribution in [0.3, 0.4) is 0 Å². The molecule has 0 unspecified atom stereocenters. The first-order chi connectivity index (χ1) is 4.74. The largest absolute Gasteiger partial charge is 0.340 e. The molecule has 1 N–H and O–H groups in total. The molecule has 0 rings (SSSR count). The van der Waals surface area contributed by atoms with Gasteiger partial charge < -0.3 is 5.32 Å². The highest BCUT2D eigenvalue weighted by Gasteiger charge is 2.23. The minimum absolute atomic E-state index is 0.580. The number of hydrogen-bond acceptors (Lipinski definition) is 2. The smallest absolute Gasteiger partial charge is 0.208 e. The molecule has 0 aromatic heterocycles. The van der Waals surface area contributed by atoms with Crippen LogP contribution in [0.1, 0.15) is 26.7 Å². The van der Waals surface area contributed by atoms with Gasteiger partial charge >= 0.3 is 0 Å². The molecule has 0 fully saturated rings. The first-order valence-corrected chi connectivity index (χ1v) is 3.37. The molecule has 0 aliphatic rings. The van der Waals surface area contributed by atoms with Crippen LogP contribution in [0.2, 0.25) is 0 Å². The molecule has 56 valence electrons. The molecule has 0 bridgehead atoms. The summed E-state index contributed by atoms with van der Waals surface area (Å²) in [6.45, 7) is 3.76. The first-order valence-electron chi connectivity index (χ1n) is 3.37. The normalized spacial score (nSPS) is 10.1. The Bertz CT molecular complexity index is 144. The first kappa shape index (κ1) is 8.96. The van der Waals surface area contributed by atoms with Crippen LogP contribution in [0.5, 0.6) is 0 Å². The molecule has 0 aliphatic heterocycles. The van der Waals surface area contributed by atoms with Gasteiger partial charge in [-0.05, 0) is 12.8 Å². The SMILES string of the molecule is CCC(C#N)(CC)NC=O. The molecule has 0 aromatic carbocycles. The number of nitrogens with one attached hydrogen (secondary N) is 1. The van der Waals surface area contributed by atoms with E-state index < -0.39 is 5.54 Å². The summed E-state index contributed by atoms with van der Waals surface area (Å²) in [4.78, 5) is 10.0. The number of carbonyl (C=O) groups excluding carboxylic acids is 1. The van der Waals surface area contributed by atoms with Gasteiger partial charge in [-0.25, -0.2) is 0 Å². The molecule has 3 heteroatoms. The van der Waals surface area contributed by atoms with E-state index in [0.29, 0.717) is 19.3 Å². The number of carbonyl (C=O) groups is 1. The summed E-state index contributed by atoms with van der Waals surface area (Å²) in [5.41, 5.74) is -0.637. The van der Waals surface area contributed by atoms with E-state index in [1.54, 1.807) is 0 Å². The Labute approximate surface area is 61.0 Å². The molecule has 1 amide bonds. The quantitative estimate of drug-likeness (QED) is 0.587. The molecular formula is C7H12N2O. The molecule has 0 saturated heterocycles. The van der Waals surface area contributed by atoms with Crippen LogP contribution < -0.4 is 5.32 Å². The fourth-order valence-electron chi connectivity index (χ4n) is 0.757. The molecule has 10 heavy (non-hydrogen) atoms. The average molecular weight is 140 g/mol. The highest BCUT2D eigenvalue weighted by molar-refractivity contribution is 5.49. The van der Waals surface area contributed by atoms with Gasteiger partial charge in [0.05, 0.1) is 6.07 Å². The molecule has 3 nitrogen and oxygen atoms in total. The van der Waals surface area contributed by atoms with Gasteiger partial charge in [0.2, 0.25) is 6.41 Å². The van der Waals surface area contributed by atoms with E-state index in [9.17, 15) is 4.79 Å². The van der Waals surface area contributed by atoms with E-state index in [-0.39, 0.29) is 0 Å². The second-order valence-electron chi connectivity index (χ2n) is 2.16. The van der Waals surface area contributed by atoms with Gasteiger partial charge in [0.25, 0.3) is 0 Å². The van der Waals surface area contributed by atoms with Gasteiger partial charge in [-0.1, -0.05) is 13.8 Å². The van der Waals surface area contributed by atoms with Crippen molar-refractivity contribution in [2.45, 2.75) is 32.2 Å². The maximum atomic E-state index is 10.0. The van der Waals surface area contributed by atoms with Crippen molar-refractivity contribution in [3.8, 4) is 6.07 Å². The van der Waals surface area contributed by atoms with Gasteiger partial charge in [0.15, 0.2) is 0 Å². The second-order valence-corrected chi connectivity index (χ2v) is 2.16. The lowest BCUT2D eigenvalue weighted by atomic mass is 9.95. The molecule has 0 aromatic rings. The summed E-state index contributed by atoms with van der Waals surface area (Å²) in [5, 5.41) is 11.1. The minimum atomic E-state index is -0.637. The standard InChI is InChI=1S/C7H12N2O/c1-3-7(4-2,5-8)9-6-10/h6H,3-4H2,1-2H3,(H,9,10). The topological polar surface area (TPSA) is 52.9 Å². The summed E-state index contributed by atoms with van der Waals surface area (Å²) in [6.07, 6.45) is 1.88. The summed E-state index contributed by atoms with van der Waals surface area (Å²) in [6, 6.07) is 2.07. The van der Waals surface area contributed by atoms with Crippen molar-refractivity contribution in [2.24, 2.45) is 0 Å². The fraction of sp³-hybridized carbons (Fsp3) is 0.714. The summed E-state index contributed by atoms with van der Waals surface area (Å²) >= 11 is 0. The van der Waals surface area contributed by atoms with E-state index in [2.05, 4.69) is 11.4 Å². The van der Waals surface area contributed by atoms with Gasteiger partial charge in [0.1, 0.15) is 5.54 Å². The Morgan fingerprint density at radius 3 is 2.20 bits per heavy atom. The Hall–Kier alpha value is -1.04. The van der Waals surface area contributed by atoms with Crippen LogP contribution in [0, 0.1) is 11.3 Å². The van der Waals surface area contributed by atoms with Crippen molar-refractivity contribution in [3.63, 3.8) is 0 Å². The summed E-state index contributed by atoms with van der Waals surface area (Å²) in [7, 11) is 0. The van der Waals surface area contributed by atoms with E-state index in [1.165, 1.54) is 0 Å². The van der Waals surface area contributed by atoms with Crippen LogP contribution in [-0.4, -0.2) is 11.9 Å². The van der Waals surface area contributed by atoms with Crippen molar-refractivity contribution < 1.29 is 4.79 Å². The Morgan fingerprint density at radius 1 is 1.60 bits per heavy atom. The zero-order valence-corrected chi connectivity index (χ0v) is 6.35. The Morgan fingerprint density at radius 2 is 2.10 bits per heavy atom. The van der Waals surface area contributed by atoms with Crippen molar-refractivity contribution in [1.82, 2.24) is 5.32 Å². The van der Waals surface area contributed by atoms with Crippen molar-refractivity contribution in [2.75, 3.05) is 0 Å². The highest BCUT2D eigenvalue weighted by Crippen LogP contribution is 2.11. The van der Waals surface area contributed by atoms with E-state index in [0.717, 1.165) is 0 Å². The van der Waals surface area contributed by atoms with Gasteiger partial charge in [-0.15, -0.1) is 0 Å². The van der Waals surface area contributed by atoms with Crippen LogP contribution >= 0.6 is 0 Å². The Balaban J connectivity index is 4.18. The van der Waals surface area contributed by atoms with E-state index in [1.807, 2.05) is 13.8 Å². The van der Waals surface area contributed by atoms with E-state index >= 15 is 0 Å². The van der Waals surface area contributed by atoms with Gasteiger partial charge in [-0.3, -0.25) is 4.79 Å². The van der Waals surface area contributed by atoms with Crippen LogP contribution in [0.25, 0.3) is 0 Å². The molecule has 0 heterocycles. The fourth-order valence-corrected chi connectivity index (χ4v) is 0.757. The monoisotopic (exact) mass is 140 g/mol. The zero-order chi connectivity index (χ0) is 8.04. The summed E-state index contributed by atoms with van der Waals surface area (Å²) in [5.74, 6) is 0. The van der Waals surface area contributed by atoms with Crippen LogP contribution in [-0.2, 0) is 4.79 Å². The van der Waals surface area contributed by atoms with Crippen molar-refractivity contribution >= 4 is 6.41 Å². The predicted octanol–water partition coefficient (Wildman–Crippen LogP) is 0.815. The Kier molecular flexibility index (Phi) is 3.48. The predicted molar refractivity (Wildman–Crippen MR) is 38.1 cm³/mol. The molecule has 0 atom stereocenters. The van der Waals surface area contributed by atoms with Crippen molar-refractivity contribution in [1.29, 1.82) is 5.26 Å². The zero-order valence-electron chi connectivity index (χ0n) is 6.35. The third-order valence-electron chi connectivity index (χ3n) is 1.76. The van der Waals surface area contributed by atoms with Crippen LogP contribution in [0.4, 0.5) is 0 Å². The molecule has 0 spiro atoms. The average Bonchev–Trinajstić information content (AvgIpc) is 2.01. The summed E-state index contributed by atoms with van der Waals surface area (Å²) < 4.78 is 0. The number of hydrogen-bond donors (Lipinski definition) is 1. The maximum Gasteiger partial charge on any atom is 0.208 e. The lowest BCUT2D eigenvalue weighted by Crippen LogP contribution is -2.41. The molecule has 0 aliphatic carbocycles. The number of amides is 1. The highest BCUT2D eigenvalue weighted by atomic mass is 16.1. The molecular weight excluding hydrogens is 128 g/mol. The third kappa shape index (κ3) is 1.73. The third-order valence-corrected chi connectivity index (χ3v) is 1.76. The maximum absolute atomic E-state index is 10.0.